The van der Waals surface area contributed by atoms with E-state index in [1.54, 1.807) is 7.11 Å². The van der Waals surface area contributed by atoms with Crippen LogP contribution in [0.2, 0.25) is 0 Å². The van der Waals surface area contributed by atoms with E-state index in [1.807, 2.05) is 0 Å². The zero-order valence-electron chi connectivity index (χ0n) is 10.9. The first-order valence-electron chi connectivity index (χ1n) is 6.15. The molecule has 0 fully saturated rings. The van der Waals surface area contributed by atoms with Gasteiger partial charge in [-0.3, -0.25) is 4.90 Å². The third kappa shape index (κ3) is 4.78. The molecule has 0 bridgehead atoms. The van der Waals surface area contributed by atoms with Crippen LogP contribution in [0.5, 0.6) is 0 Å². The van der Waals surface area contributed by atoms with E-state index in [4.69, 9.17) is 4.74 Å². The van der Waals surface area contributed by atoms with Gasteiger partial charge in [-0.2, -0.15) is 0 Å². The highest BCUT2D eigenvalue weighted by atomic mass is 79.9. The molecule has 0 radical (unpaired) electrons. The van der Waals surface area contributed by atoms with Gasteiger partial charge in [0.05, 0.1) is 6.61 Å². The fourth-order valence-corrected chi connectivity index (χ4v) is 2.18. The van der Waals surface area contributed by atoms with Crippen LogP contribution in [-0.4, -0.2) is 31.2 Å². The van der Waals surface area contributed by atoms with Crippen LogP contribution in [0, 0.1) is 0 Å². The van der Waals surface area contributed by atoms with Crippen molar-refractivity contribution in [1.82, 2.24) is 4.90 Å². The molecule has 17 heavy (non-hydrogen) atoms. The highest BCUT2D eigenvalue weighted by Gasteiger charge is 2.13. The Morgan fingerprint density at radius 3 is 2.65 bits per heavy atom. The first-order valence-corrected chi connectivity index (χ1v) is 6.94. The van der Waals surface area contributed by atoms with Crippen molar-refractivity contribution in [3.8, 4) is 0 Å². The Balaban J connectivity index is 2.68. The number of benzene rings is 1. The summed E-state index contributed by atoms with van der Waals surface area (Å²) in [6, 6.07) is 8.99. The first-order chi connectivity index (χ1) is 8.19. The van der Waals surface area contributed by atoms with Crippen LogP contribution in [0.4, 0.5) is 0 Å². The lowest BCUT2D eigenvalue weighted by Crippen LogP contribution is -2.34. The van der Waals surface area contributed by atoms with Gasteiger partial charge < -0.3 is 4.74 Å². The van der Waals surface area contributed by atoms with Crippen molar-refractivity contribution in [3.63, 3.8) is 0 Å². The van der Waals surface area contributed by atoms with Crippen LogP contribution in [0.15, 0.2) is 28.7 Å². The van der Waals surface area contributed by atoms with Gasteiger partial charge in [0.2, 0.25) is 0 Å². The van der Waals surface area contributed by atoms with Crippen LogP contribution in [0.25, 0.3) is 0 Å². The van der Waals surface area contributed by atoms with E-state index in [0.717, 1.165) is 26.1 Å². The zero-order chi connectivity index (χ0) is 12.7. The molecule has 1 atom stereocenters. The summed E-state index contributed by atoms with van der Waals surface area (Å²) in [4.78, 5) is 2.46. The maximum atomic E-state index is 5.18. The second kappa shape index (κ2) is 7.85. The number of rotatable bonds is 7. The van der Waals surface area contributed by atoms with E-state index in [2.05, 4.69) is 58.9 Å². The average Bonchev–Trinajstić information content (AvgIpc) is 2.35. The smallest absolute Gasteiger partial charge is 0.0589 e. The zero-order valence-corrected chi connectivity index (χ0v) is 12.5. The summed E-state index contributed by atoms with van der Waals surface area (Å²) < 4.78 is 6.37. The average molecular weight is 300 g/mol. The van der Waals surface area contributed by atoms with Crippen molar-refractivity contribution in [3.05, 3.63) is 34.3 Å². The van der Waals surface area contributed by atoms with Gasteiger partial charge in [-0.25, -0.2) is 0 Å². The third-order valence-corrected chi connectivity index (χ3v) is 3.90. The van der Waals surface area contributed by atoms with Crippen LogP contribution < -0.4 is 0 Å². The van der Waals surface area contributed by atoms with E-state index in [-0.39, 0.29) is 0 Å². The Morgan fingerprint density at radius 2 is 2.06 bits per heavy atom. The molecule has 0 aliphatic heterocycles. The van der Waals surface area contributed by atoms with Crippen LogP contribution in [0.3, 0.4) is 0 Å². The molecule has 1 aromatic rings. The Bertz CT molecular complexity index is 330. The van der Waals surface area contributed by atoms with Gasteiger partial charge in [0.25, 0.3) is 0 Å². The lowest BCUT2D eigenvalue weighted by Gasteiger charge is -2.28. The topological polar surface area (TPSA) is 12.5 Å². The minimum absolute atomic E-state index is 0.581. The second-order valence-corrected chi connectivity index (χ2v) is 5.17. The van der Waals surface area contributed by atoms with Gasteiger partial charge in [-0.05, 0) is 25.0 Å². The molecule has 1 aromatic carbocycles. The number of nitrogens with zero attached hydrogens (tertiary/aromatic N) is 1. The summed E-state index contributed by atoms with van der Waals surface area (Å²) in [6.07, 6.45) is 1.16. The Hall–Kier alpha value is -0.380. The number of halogens is 1. The van der Waals surface area contributed by atoms with Gasteiger partial charge in [0.15, 0.2) is 0 Å². The predicted octanol–water partition coefficient (Wildman–Crippen LogP) is 3.70. The largest absolute Gasteiger partial charge is 0.383 e. The van der Waals surface area contributed by atoms with Crippen LogP contribution in [0.1, 0.15) is 25.8 Å². The van der Waals surface area contributed by atoms with E-state index < -0.39 is 0 Å². The van der Waals surface area contributed by atoms with E-state index in [9.17, 15) is 0 Å². The molecule has 2 nitrogen and oxygen atoms in total. The highest BCUT2D eigenvalue weighted by Crippen LogP contribution is 2.19. The monoisotopic (exact) mass is 299 g/mol. The van der Waals surface area contributed by atoms with Crippen molar-refractivity contribution < 1.29 is 4.74 Å². The molecule has 0 amide bonds. The van der Waals surface area contributed by atoms with Crippen molar-refractivity contribution in [2.24, 2.45) is 0 Å². The van der Waals surface area contributed by atoms with Gasteiger partial charge in [0, 0.05) is 30.7 Å². The molecule has 0 aliphatic rings. The Kier molecular flexibility index (Phi) is 6.78. The summed E-state index contributed by atoms with van der Waals surface area (Å²) in [5, 5.41) is 0. The SMILES string of the molecule is CCC(C)N(CCOC)Cc1ccccc1Br. The van der Waals surface area contributed by atoms with Gasteiger partial charge >= 0.3 is 0 Å². The quantitative estimate of drug-likeness (QED) is 0.761. The first kappa shape index (κ1) is 14.7. The molecule has 0 aliphatic carbocycles. The number of methoxy groups -OCH3 is 1. The Labute approximate surface area is 113 Å². The molecular weight excluding hydrogens is 278 g/mol. The predicted molar refractivity (Wildman–Crippen MR) is 76.2 cm³/mol. The fraction of sp³-hybridized carbons (Fsp3) is 0.571. The molecule has 0 saturated heterocycles. The standard InChI is InChI=1S/C14H22BrNO/c1-4-12(2)16(9-10-17-3)11-13-7-5-6-8-14(13)15/h5-8,12H,4,9-11H2,1-3H3. The van der Waals surface area contributed by atoms with Gasteiger partial charge in [0.1, 0.15) is 0 Å². The molecule has 0 heterocycles. The van der Waals surface area contributed by atoms with Crippen molar-refractivity contribution in [2.45, 2.75) is 32.9 Å². The van der Waals surface area contributed by atoms with E-state index in [1.165, 1.54) is 10.0 Å². The molecule has 3 heteroatoms. The van der Waals surface area contributed by atoms with Gasteiger partial charge in [-0.15, -0.1) is 0 Å². The maximum Gasteiger partial charge on any atom is 0.0589 e. The number of hydrogen-bond donors (Lipinski definition) is 0. The van der Waals surface area contributed by atoms with Crippen LogP contribution in [-0.2, 0) is 11.3 Å². The third-order valence-electron chi connectivity index (χ3n) is 3.13. The summed E-state index contributed by atoms with van der Waals surface area (Å²) >= 11 is 3.61. The minimum atomic E-state index is 0.581. The maximum absolute atomic E-state index is 5.18. The van der Waals surface area contributed by atoms with Gasteiger partial charge in [-0.1, -0.05) is 41.1 Å². The molecule has 0 aromatic heterocycles. The minimum Gasteiger partial charge on any atom is -0.383 e. The van der Waals surface area contributed by atoms with E-state index in [0.29, 0.717) is 6.04 Å². The molecule has 96 valence electrons. The van der Waals surface area contributed by atoms with Crippen molar-refractivity contribution >= 4 is 15.9 Å². The number of hydrogen-bond acceptors (Lipinski definition) is 2. The van der Waals surface area contributed by atoms with Crippen molar-refractivity contribution in [2.75, 3.05) is 20.3 Å². The van der Waals surface area contributed by atoms with E-state index >= 15 is 0 Å². The molecule has 1 rings (SSSR count). The lowest BCUT2D eigenvalue weighted by atomic mass is 10.1. The molecule has 0 spiro atoms. The fourth-order valence-electron chi connectivity index (χ4n) is 1.77. The molecule has 0 saturated carbocycles. The second-order valence-electron chi connectivity index (χ2n) is 4.31. The summed E-state index contributed by atoms with van der Waals surface area (Å²) in [5.41, 5.74) is 1.34. The Morgan fingerprint density at radius 1 is 1.35 bits per heavy atom. The summed E-state index contributed by atoms with van der Waals surface area (Å²) in [5.74, 6) is 0. The lowest BCUT2D eigenvalue weighted by molar-refractivity contribution is 0.118. The summed E-state index contributed by atoms with van der Waals surface area (Å²) in [7, 11) is 1.76. The summed E-state index contributed by atoms with van der Waals surface area (Å²) in [6.45, 7) is 7.23. The molecular formula is C14H22BrNO. The highest BCUT2D eigenvalue weighted by molar-refractivity contribution is 9.10. The number of ether oxygens (including phenoxy) is 1. The molecule has 0 N–H and O–H groups in total. The van der Waals surface area contributed by atoms with Crippen molar-refractivity contribution in [1.29, 1.82) is 0 Å². The normalized spacial score (nSPS) is 13.0. The van der Waals surface area contributed by atoms with Crippen LogP contribution >= 0.6 is 15.9 Å². The molecule has 1 unspecified atom stereocenters.